The Bertz CT molecular complexity index is 560. The van der Waals surface area contributed by atoms with Gasteiger partial charge in [0.1, 0.15) is 5.54 Å². The second-order valence-electron chi connectivity index (χ2n) is 5.08. The lowest BCUT2D eigenvalue weighted by molar-refractivity contribution is 0.0882. The molecule has 20 heavy (non-hydrogen) atoms. The minimum atomic E-state index is -0.796. The third kappa shape index (κ3) is 3.24. The number of amides is 1. The van der Waals surface area contributed by atoms with Gasteiger partial charge in [-0.1, -0.05) is 23.2 Å². The number of nitrogens with one attached hydrogen (secondary N) is 1. The van der Waals surface area contributed by atoms with Gasteiger partial charge in [-0.2, -0.15) is 5.26 Å². The second kappa shape index (κ2) is 6.01. The summed E-state index contributed by atoms with van der Waals surface area (Å²) in [7, 11) is 2.00. The molecular weight excluding hydrogens is 297 g/mol. The van der Waals surface area contributed by atoms with E-state index in [9.17, 15) is 10.1 Å². The molecule has 1 N–H and O–H groups in total. The van der Waals surface area contributed by atoms with Gasteiger partial charge in [-0.3, -0.25) is 4.79 Å². The molecule has 4 nitrogen and oxygen atoms in total. The van der Waals surface area contributed by atoms with Gasteiger partial charge < -0.3 is 10.2 Å². The Morgan fingerprint density at radius 2 is 2.00 bits per heavy atom. The van der Waals surface area contributed by atoms with Crippen LogP contribution in [-0.2, 0) is 0 Å². The summed E-state index contributed by atoms with van der Waals surface area (Å²) in [5.41, 5.74) is -0.386. The summed E-state index contributed by atoms with van der Waals surface area (Å²) < 4.78 is 0. The van der Waals surface area contributed by atoms with Crippen molar-refractivity contribution >= 4 is 29.1 Å². The van der Waals surface area contributed by atoms with E-state index in [4.69, 9.17) is 23.2 Å². The van der Waals surface area contributed by atoms with Crippen LogP contribution in [0.4, 0.5) is 0 Å². The van der Waals surface area contributed by atoms with E-state index < -0.39 is 5.54 Å². The fraction of sp³-hybridized carbons (Fsp3) is 0.429. The average Bonchev–Trinajstić information content (AvgIpc) is 2.44. The summed E-state index contributed by atoms with van der Waals surface area (Å²) in [6.45, 7) is 1.57. The summed E-state index contributed by atoms with van der Waals surface area (Å²) in [6.07, 6.45) is 1.24. The quantitative estimate of drug-likeness (QED) is 0.913. The van der Waals surface area contributed by atoms with Crippen molar-refractivity contribution in [2.24, 2.45) is 0 Å². The minimum absolute atomic E-state index is 0.297. The van der Waals surface area contributed by atoms with Gasteiger partial charge in [0.2, 0.25) is 0 Å². The number of likely N-dealkylation sites (tertiary alicyclic amines) is 1. The molecule has 0 aliphatic carbocycles. The summed E-state index contributed by atoms with van der Waals surface area (Å²) in [6, 6.07) is 6.94. The number of carbonyl (C=O) groups is 1. The third-order valence-corrected chi connectivity index (χ3v) is 4.33. The van der Waals surface area contributed by atoms with Crippen molar-refractivity contribution in [3.8, 4) is 6.07 Å². The summed E-state index contributed by atoms with van der Waals surface area (Å²) >= 11 is 11.7. The van der Waals surface area contributed by atoms with E-state index in [-0.39, 0.29) is 5.91 Å². The predicted octanol–water partition coefficient (Wildman–Crippen LogP) is 2.71. The molecule has 1 heterocycles. The zero-order valence-electron chi connectivity index (χ0n) is 11.1. The Kier molecular flexibility index (Phi) is 4.54. The van der Waals surface area contributed by atoms with E-state index in [0.717, 1.165) is 13.1 Å². The Hall–Kier alpha value is -1.28. The van der Waals surface area contributed by atoms with Crippen molar-refractivity contribution in [1.82, 2.24) is 10.2 Å². The first-order valence-corrected chi connectivity index (χ1v) is 7.09. The van der Waals surface area contributed by atoms with Gasteiger partial charge in [-0.05, 0) is 38.1 Å². The third-order valence-electron chi connectivity index (χ3n) is 3.59. The van der Waals surface area contributed by atoms with Crippen molar-refractivity contribution in [3.05, 3.63) is 33.8 Å². The van der Waals surface area contributed by atoms with E-state index in [1.807, 2.05) is 7.05 Å². The van der Waals surface area contributed by atoms with Gasteiger partial charge in [-0.25, -0.2) is 0 Å². The molecule has 0 atom stereocenters. The van der Waals surface area contributed by atoms with Crippen LogP contribution in [0.5, 0.6) is 0 Å². The van der Waals surface area contributed by atoms with E-state index in [0.29, 0.717) is 28.5 Å². The molecular formula is C14H15Cl2N3O. The van der Waals surface area contributed by atoms with Crippen LogP contribution in [0.3, 0.4) is 0 Å². The lowest BCUT2D eigenvalue weighted by atomic mass is 9.89. The van der Waals surface area contributed by atoms with Crippen molar-refractivity contribution in [2.45, 2.75) is 18.4 Å². The van der Waals surface area contributed by atoms with E-state index in [1.165, 1.54) is 6.07 Å². The molecule has 1 aliphatic heterocycles. The topological polar surface area (TPSA) is 56.1 Å². The monoisotopic (exact) mass is 311 g/mol. The number of benzene rings is 1. The van der Waals surface area contributed by atoms with Gasteiger partial charge in [0, 0.05) is 18.7 Å². The van der Waals surface area contributed by atoms with Crippen LogP contribution in [0.2, 0.25) is 10.0 Å². The Morgan fingerprint density at radius 3 is 2.55 bits per heavy atom. The molecule has 0 unspecified atom stereocenters. The molecule has 1 aromatic carbocycles. The number of nitrogens with zero attached hydrogens (tertiary/aromatic N) is 2. The first-order valence-electron chi connectivity index (χ1n) is 6.33. The van der Waals surface area contributed by atoms with Crippen LogP contribution in [0.15, 0.2) is 18.2 Å². The van der Waals surface area contributed by atoms with Gasteiger partial charge in [0.05, 0.1) is 16.1 Å². The molecule has 0 spiro atoms. The van der Waals surface area contributed by atoms with Crippen molar-refractivity contribution < 1.29 is 4.79 Å². The highest BCUT2D eigenvalue weighted by Crippen LogP contribution is 2.24. The van der Waals surface area contributed by atoms with E-state index in [2.05, 4.69) is 16.3 Å². The minimum Gasteiger partial charge on any atom is -0.334 e. The fourth-order valence-electron chi connectivity index (χ4n) is 2.19. The van der Waals surface area contributed by atoms with Crippen LogP contribution >= 0.6 is 23.2 Å². The van der Waals surface area contributed by atoms with Gasteiger partial charge >= 0.3 is 0 Å². The molecule has 0 saturated carbocycles. The van der Waals surface area contributed by atoms with E-state index >= 15 is 0 Å². The number of hydrogen-bond acceptors (Lipinski definition) is 3. The van der Waals surface area contributed by atoms with Gasteiger partial charge in [-0.15, -0.1) is 0 Å². The van der Waals surface area contributed by atoms with Crippen LogP contribution in [0.25, 0.3) is 0 Å². The van der Waals surface area contributed by atoms with Crippen molar-refractivity contribution in [1.29, 1.82) is 5.26 Å². The highest BCUT2D eigenvalue weighted by Gasteiger charge is 2.35. The molecule has 1 amide bonds. The lowest BCUT2D eigenvalue weighted by Crippen LogP contribution is -2.53. The largest absolute Gasteiger partial charge is 0.334 e. The van der Waals surface area contributed by atoms with Crippen molar-refractivity contribution in [2.75, 3.05) is 20.1 Å². The Balaban J connectivity index is 2.13. The average molecular weight is 312 g/mol. The number of halogens is 2. The smallest absolute Gasteiger partial charge is 0.252 e. The molecule has 0 bridgehead atoms. The summed E-state index contributed by atoms with van der Waals surface area (Å²) in [4.78, 5) is 14.4. The number of carbonyl (C=O) groups excluding carboxylic acids is 1. The Morgan fingerprint density at radius 1 is 1.35 bits per heavy atom. The SMILES string of the molecule is CN1CCC(C#N)(NC(=O)c2ccc(Cl)c(Cl)c2)CC1. The zero-order valence-corrected chi connectivity index (χ0v) is 12.6. The van der Waals surface area contributed by atoms with Crippen LogP contribution < -0.4 is 5.32 Å². The number of piperidine rings is 1. The number of nitriles is 1. The maximum Gasteiger partial charge on any atom is 0.252 e. The molecule has 6 heteroatoms. The first kappa shape index (κ1) is 15.1. The van der Waals surface area contributed by atoms with E-state index in [1.54, 1.807) is 12.1 Å². The Labute approximate surface area is 128 Å². The number of hydrogen-bond donors (Lipinski definition) is 1. The lowest BCUT2D eigenvalue weighted by Gasteiger charge is -2.36. The fourth-order valence-corrected chi connectivity index (χ4v) is 2.49. The molecule has 1 saturated heterocycles. The van der Waals surface area contributed by atoms with Gasteiger partial charge in [0.15, 0.2) is 0 Å². The first-order chi connectivity index (χ1) is 9.46. The van der Waals surface area contributed by atoms with Crippen LogP contribution in [-0.4, -0.2) is 36.5 Å². The van der Waals surface area contributed by atoms with Gasteiger partial charge in [0.25, 0.3) is 5.91 Å². The maximum absolute atomic E-state index is 12.2. The molecule has 106 valence electrons. The highest BCUT2D eigenvalue weighted by molar-refractivity contribution is 6.42. The standard InChI is InChI=1S/C14H15Cl2N3O/c1-19-6-4-14(9-17,5-7-19)18-13(20)10-2-3-11(15)12(16)8-10/h2-3,8H,4-7H2,1H3,(H,18,20). The molecule has 0 aromatic heterocycles. The summed E-state index contributed by atoms with van der Waals surface area (Å²) in [5.74, 6) is -0.297. The molecule has 1 aliphatic rings. The molecule has 1 fully saturated rings. The van der Waals surface area contributed by atoms with Crippen molar-refractivity contribution in [3.63, 3.8) is 0 Å². The number of rotatable bonds is 2. The molecule has 1 aromatic rings. The normalized spacial score (nSPS) is 18.3. The highest BCUT2D eigenvalue weighted by atomic mass is 35.5. The second-order valence-corrected chi connectivity index (χ2v) is 5.89. The van der Waals surface area contributed by atoms with Crippen LogP contribution in [0, 0.1) is 11.3 Å². The zero-order chi connectivity index (χ0) is 14.8. The van der Waals surface area contributed by atoms with Crippen LogP contribution in [0.1, 0.15) is 23.2 Å². The molecule has 0 radical (unpaired) electrons. The maximum atomic E-state index is 12.2. The summed E-state index contributed by atoms with van der Waals surface area (Å²) in [5, 5.41) is 13.0. The predicted molar refractivity (Wildman–Crippen MR) is 79.0 cm³/mol. The molecule has 2 rings (SSSR count).